The van der Waals surface area contributed by atoms with Crippen molar-refractivity contribution in [3.05, 3.63) is 100 Å². The lowest BCUT2D eigenvalue weighted by molar-refractivity contribution is -0.137. The summed E-state index contributed by atoms with van der Waals surface area (Å²) in [5, 5.41) is 7.12. The molecule has 6 nitrogen and oxygen atoms in total. The van der Waals surface area contributed by atoms with Gasteiger partial charge in [-0.1, -0.05) is 24.3 Å². The number of aromatic amines is 1. The SMILES string of the molecule is COc1cccc(-c2cc(F)ccc2[C@H]2Cc3n[nH]c(C)c3C(=O)N2Cc2cccc(C(F)(F)F)c2)n1. The van der Waals surface area contributed by atoms with E-state index in [9.17, 15) is 22.4 Å². The Hall–Kier alpha value is -4.21. The fourth-order valence-corrected chi connectivity index (χ4v) is 4.71. The van der Waals surface area contributed by atoms with Gasteiger partial charge in [-0.05, 0) is 48.4 Å². The normalized spacial score (nSPS) is 15.6. The Kier molecular flexibility index (Phi) is 6.18. The number of hydrogen-bond donors (Lipinski definition) is 1. The van der Waals surface area contributed by atoms with Crippen LogP contribution in [0.4, 0.5) is 17.6 Å². The van der Waals surface area contributed by atoms with Crippen LogP contribution in [0.5, 0.6) is 5.88 Å². The van der Waals surface area contributed by atoms with Gasteiger partial charge in [0.2, 0.25) is 5.88 Å². The van der Waals surface area contributed by atoms with Crippen molar-refractivity contribution in [2.45, 2.75) is 32.1 Å². The highest BCUT2D eigenvalue weighted by Crippen LogP contribution is 2.40. The molecule has 1 aliphatic rings. The number of nitrogens with one attached hydrogen (secondary N) is 1. The zero-order valence-corrected chi connectivity index (χ0v) is 19.9. The number of aryl methyl sites for hydroxylation is 1. The molecule has 10 heteroatoms. The van der Waals surface area contributed by atoms with Gasteiger partial charge in [0.05, 0.1) is 35.7 Å². The second-order valence-electron chi connectivity index (χ2n) is 8.82. The van der Waals surface area contributed by atoms with Gasteiger partial charge in [-0.3, -0.25) is 9.89 Å². The maximum absolute atomic E-state index is 14.4. The van der Waals surface area contributed by atoms with E-state index in [0.717, 1.165) is 12.1 Å². The molecule has 0 aliphatic carbocycles. The molecule has 0 fully saturated rings. The minimum atomic E-state index is -4.52. The fourth-order valence-electron chi connectivity index (χ4n) is 4.71. The predicted octanol–water partition coefficient (Wildman–Crippen LogP) is 5.89. The van der Waals surface area contributed by atoms with Gasteiger partial charge in [0.15, 0.2) is 0 Å². The molecule has 0 saturated heterocycles. The number of alkyl halides is 3. The average Bonchev–Trinajstić information content (AvgIpc) is 3.26. The molecule has 0 radical (unpaired) electrons. The Morgan fingerprint density at radius 2 is 1.89 bits per heavy atom. The number of ether oxygens (including phenoxy) is 1. The van der Waals surface area contributed by atoms with Crippen molar-refractivity contribution < 1.29 is 27.1 Å². The van der Waals surface area contributed by atoms with Crippen molar-refractivity contribution in [1.29, 1.82) is 0 Å². The van der Waals surface area contributed by atoms with Crippen LogP contribution in [0.15, 0.2) is 60.7 Å². The van der Waals surface area contributed by atoms with Crippen LogP contribution in [-0.4, -0.2) is 33.1 Å². The van der Waals surface area contributed by atoms with E-state index in [2.05, 4.69) is 15.2 Å². The number of methoxy groups -OCH3 is 1. The van der Waals surface area contributed by atoms with Gasteiger partial charge < -0.3 is 9.64 Å². The summed E-state index contributed by atoms with van der Waals surface area (Å²) in [6.07, 6.45) is -4.23. The molecule has 5 rings (SSSR count). The molecule has 4 aromatic rings. The van der Waals surface area contributed by atoms with Gasteiger partial charge in [0.1, 0.15) is 5.82 Å². The highest BCUT2D eigenvalue weighted by atomic mass is 19.4. The molecule has 0 bridgehead atoms. The Labute approximate surface area is 209 Å². The Balaban J connectivity index is 1.63. The summed E-state index contributed by atoms with van der Waals surface area (Å²) in [7, 11) is 1.47. The van der Waals surface area contributed by atoms with E-state index in [1.54, 1.807) is 37.3 Å². The average molecular weight is 510 g/mol. The number of benzene rings is 2. The zero-order valence-electron chi connectivity index (χ0n) is 19.9. The first kappa shape index (κ1) is 24.5. The van der Waals surface area contributed by atoms with Crippen LogP contribution in [0.1, 0.15) is 44.5 Å². The molecule has 190 valence electrons. The van der Waals surface area contributed by atoms with Crippen LogP contribution < -0.4 is 4.74 Å². The van der Waals surface area contributed by atoms with Crippen molar-refractivity contribution in [3.63, 3.8) is 0 Å². The number of nitrogens with zero attached hydrogens (tertiary/aromatic N) is 3. The third-order valence-corrected chi connectivity index (χ3v) is 6.45. The number of H-pyrrole nitrogens is 1. The number of hydrogen-bond acceptors (Lipinski definition) is 4. The highest BCUT2D eigenvalue weighted by molar-refractivity contribution is 5.98. The van der Waals surface area contributed by atoms with Crippen LogP contribution >= 0.6 is 0 Å². The maximum Gasteiger partial charge on any atom is 0.416 e. The van der Waals surface area contributed by atoms with Crippen LogP contribution in [-0.2, 0) is 19.1 Å². The first-order valence-electron chi connectivity index (χ1n) is 11.5. The molecule has 2 aromatic carbocycles. The van der Waals surface area contributed by atoms with Crippen LogP contribution in [0, 0.1) is 12.7 Å². The quantitative estimate of drug-likeness (QED) is 0.340. The van der Waals surface area contributed by atoms with Crippen molar-refractivity contribution >= 4 is 5.91 Å². The highest BCUT2D eigenvalue weighted by Gasteiger charge is 2.38. The number of halogens is 4. The zero-order chi connectivity index (χ0) is 26.3. The van der Waals surface area contributed by atoms with Gasteiger partial charge in [-0.15, -0.1) is 0 Å². The lowest BCUT2D eigenvalue weighted by atomic mass is 9.88. The Morgan fingerprint density at radius 3 is 2.65 bits per heavy atom. The molecule has 2 aromatic heterocycles. The lowest BCUT2D eigenvalue weighted by Gasteiger charge is -2.36. The van der Waals surface area contributed by atoms with Gasteiger partial charge in [0, 0.05) is 30.3 Å². The summed E-state index contributed by atoms with van der Waals surface area (Å²) < 4.78 is 59.8. The number of rotatable bonds is 5. The monoisotopic (exact) mass is 510 g/mol. The summed E-state index contributed by atoms with van der Waals surface area (Å²) in [6.45, 7) is 1.63. The molecule has 0 unspecified atom stereocenters. The molecule has 37 heavy (non-hydrogen) atoms. The molecule has 3 heterocycles. The third kappa shape index (κ3) is 4.66. The number of carbonyl (C=O) groups is 1. The van der Waals surface area contributed by atoms with E-state index >= 15 is 0 Å². The first-order chi connectivity index (χ1) is 17.7. The van der Waals surface area contributed by atoms with Crippen LogP contribution in [0.2, 0.25) is 0 Å². The van der Waals surface area contributed by atoms with Crippen molar-refractivity contribution in [2.75, 3.05) is 7.11 Å². The molecule has 1 atom stereocenters. The summed E-state index contributed by atoms with van der Waals surface area (Å²) in [6, 6.07) is 13.5. The third-order valence-electron chi connectivity index (χ3n) is 6.45. The molecule has 1 amide bonds. The number of aromatic nitrogens is 3. The predicted molar refractivity (Wildman–Crippen MR) is 127 cm³/mol. The van der Waals surface area contributed by atoms with Gasteiger partial charge in [-0.25, -0.2) is 9.37 Å². The van der Waals surface area contributed by atoms with Crippen molar-refractivity contribution in [3.8, 4) is 17.1 Å². The second-order valence-corrected chi connectivity index (χ2v) is 8.82. The summed E-state index contributed by atoms with van der Waals surface area (Å²) in [4.78, 5) is 19.7. The van der Waals surface area contributed by atoms with E-state index in [1.165, 1.54) is 30.2 Å². The molecule has 1 aliphatic heterocycles. The smallest absolute Gasteiger partial charge is 0.416 e. The summed E-state index contributed by atoms with van der Waals surface area (Å²) in [5.41, 5.74) is 2.50. The van der Waals surface area contributed by atoms with E-state index in [0.29, 0.717) is 45.2 Å². The second kappa shape index (κ2) is 9.34. The molecule has 0 spiro atoms. The molecular formula is C27H22F4N4O2. The fraction of sp³-hybridized carbons (Fsp3) is 0.222. The number of amides is 1. The molecule has 1 N–H and O–H groups in total. The summed E-state index contributed by atoms with van der Waals surface area (Å²) in [5.74, 6) is -0.534. The van der Waals surface area contributed by atoms with E-state index in [-0.39, 0.29) is 18.9 Å². The largest absolute Gasteiger partial charge is 0.481 e. The minimum Gasteiger partial charge on any atom is -0.481 e. The molecule has 0 saturated carbocycles. The maximum atomic E-state index is 14.4. The van der Waals surface area contributed by atoms with Gasteiger partial charge >= 0.3 is 6.18 Å². The van der Waals surface area contributed by atoms with E-state index in [4.69, 9.17) is 4.74 Å². The summed E-state index contributed by atoms with van der Waals surface area (Å²) >= 11 is 0. The van der Waals surface area contributed by atoms with Crippen molar-refractivity contribution in [2.24, 2.45) is 0 Å². The molecular weight excluding hydrogens is 488 g/mol. The number of pyridine rings is 1. The lowest BCUT2D eigenvalue weighted by Crippen LogP contribution is -2.40. The Bertz CT molecular complexity index is 1480. The van der Waals surface area contributed by atoms with Gasteiger partial charge in [-0.2, -0.15) is 18.3 Å². The first-order valence-corrected chi connectivity index (χ1v) is 11.5. The van der Waals surface area contributed by atoms with E-state index in [1.807, 2.05) is 0 Å². The van der Waals surface area contributed by atoms with Crippen molar-refractivity contribution in [1.82, 2.24) is 20.1 Å². The van der Waals surface area contributed by atoms with Gasteiger partial charge in [0.25, 0.3) is 5.91 Å². The van der Waals surface area contributed by atoms with Crippen LogP contribution in [0.3, 0.4) is 0 Å². The topological polar surface area (TPSA) is 71.1 Å². The number of fused-ring (bicyclic) bond motifs is 1. The minimum absolute atomic E-state index is 0.0835. The standard InChI is InChI=1S/C27H22F4N4O2/c1-15-25-22(34-33-15)13-23(35(26(25)36)14-16-5-3-6-17(11-16)27(29,30)31)19-10-9-18(28)12-20(19)21-7-4-8-24(32-21)37-2/h3-12,23H,13-14H2,1-2H3,(H,33,34)/t23-/m1/s1. The number of carbonyl (C=O) groups excluding carboxylic acids is 1. The van der Waals surface area contributed by atoms with Crippen LogP contribution in [0.25, 0.3) is 11.3 Å². The Morgan fingerprint density at radius 1 is 1.11 bits per heavy atom. The van der Waals surface area contributed by atoms with E-state index < -0.39 is 23.6 Å².